The molecule has 0 aliphatic heterocycles. The summed E-state index contributed by atoms with van der Waals surface area (Å²) >= 11 is 0. The summed E-state index contributed by atoms with van der Waals surface area (Å²) in [5.74, 6) is 2.03. The summed E-state index contributed by atoms with van der Waals surface area (Å²) in [7, 11) is 0. The number of hydrogen-bond acceptors (Lipinski definition) is 4. The molecule has 0 spiro atoms. The maximum Gasteiger partial charge on any atom is 0.233 e. The van der Waals surface area contributed by atoms with E-state index in [4.69, 9.17) is 14.3 Å². The average molecular weight is 321 g/mol. The molecule has 0 radical (unpaired) electrons. The van der Waals surface area contributed by atoms with E-state index in [0.717, 1.165) is 28.3 Å². The number of ether oxygens (including phenoxy) is 1. The summed E-state index contributed by atoms with van der Waals surface area (Å²) < 4.78 is 11.6. The zero-order valence-corrected chi connectivity index (χ0v) is 13.5. The number of nitrogens with zero attached hydrogens (tertiary/aromatic N) is 1. The molecule has 1 N–H and O–H groups in total. The van der Waals surface area contributed by atoms with E-state index in [0.29, 0.717) is 5.89 Å². The quantitative estimate of drug-likeness (QED) is 0.738. The van der Waals surface area contributed by atoms with E-state index >= 15 is 0 Å². The Morgan fingerprint density at radius 1 is 1.08 bits per heavy atom. The molecular formula is C20H19NO3. The molecule has 4 nitrogen and oxygen atoms in total. The molecule has 0 aliphatic carbocycles. The van der Waals surface area contributed by atoms with Gasteiger partial charge in [-0.1, -0.05) is 60.7 Å². The largest absolute Gasteiger partial charge is 0.483 e. The Morgan fingerprint density at radius 3 is 2.62 bits per heavy atom. The first-order valence-electron chi connectivity index (χ1n) is 7.79. The predicted molar refractivity (Wildman–Crippen MR) is 93.6 cm³/mol. The number of benzene rings is 2. The second kappa shape index (κ2) is 7.62. The van der Waals surface area contributed by atoms with Gasteiger partial charge in [-0.3, -0.25) is 0 Å². The van der Waals surface area contributed by atoms with Gasteiger partial charge in [-0.05, 0) is 13.0 Å². The number of hydrogen-bond donors (Lipinski definition) is 1. The smallest absolute Gasteiger partial charge is 0.233 e. The van der Waals surface area contributed by atoms with Crippen molar-refractivity contribution in [1.29, 1.82) is 0 Å². The van der Waals surface area contributed by atoms with Gasteiger partial charge >= 0.3 is 0 Å². The topological polar surface area (TPSA) is 55.5 Å². The summed E-state index contributed by atoms with van der Waals surface area (Å²) in [6, 6.07) is 17.6. The maximum atomic E-state index is 8.92. The van der Waals surface area contributed by atoms with Crippen LogP contribution in [0.1, 0.15) is 17.2 Å². The number of aliphatic hydroxyl groups is 1. The van der Waals surface area contributed by atoms with E-state index in [1.807, 2.05) is 67.6 Å². The van der Waals surface area contributed by atoms with Gasteiger partial charge in [0.05, 0.1) is 6.61 Å². The van der Waals surface area contributed by atoms with Crippen molar-refractivity contribution in [3.8, 4) is 17.0 Å². The Hall–Kier alpha value is -2.85. The second-order valence-electron chi connectivity index (χ2n) is 5.29. The standard InChI is InChI=1S/C20H19NO3/c1-15-20(17-9-3-2-4-10-17)21-19(24-15)14-23-18-12-6-5-8-16(18)11-7-13-22/h2-12,22H,13-14H2,1H3. The second-order valence-corrected chi connectivity index (χ2v) is 5.29. The third-order valence-electron chi connectivity index (χ3n) is 3.56. The highest BCUT2D eigenvalue weighted by atomic mass is 16.5. The summed E-state index contributed by atoms with van der Waals surface area (Å²) in [5.41, 5.74) is 2.76. The lowest BCUT2D eigenvalue weighted by molar-refractivity contribution is 0.260. The van der Waals surface area contributed by atoms with Crippen LogP contribution in [0.3, 0.4) is 0 Å². The molecule has 0 fully saturated rings. The molecule has 1 aromatic heterocycles. The molecule has 1 heterocycles. The van der Waals surface area contributed by atoms with Crippen molar-refractivity contribution in [3.05, 3.63) is 77.9 Å². The van der Waals surface area contributed by atoms with Crippen molar-refractivity contribution in [2.24, 2.45) is 0 Å². The fourth-order valence-corrected chi connectivity index (χ4v) is 2.45. The van der Waals surface area contributed by atoms with Gasteiger partial charge < -0.3 is 14.3 Å². The number of para-hydroxylation sites is 1. The molecule has 122 valence electrons. The van der Waals surface area contributed by atoms with Crippen LogP contribution < -0.4 is 4.74 Å². The molecule has 2 aromatic carbocycles. The van der Waals surface area contributed by atoms with Crippen molar-refractivity contribution in [3.63, 3.8) is 0 Å². The first-order valence-corrected chi connectivity index (χ1v) is 7.79. The molecule has 0 saturated carbocycles. The van der Waals surface area contributed by atoms with Gasteiger partial charge in [0.25, 0.3) is 0 Å². The highest BCUT2D eigenvalue weighted by Gasteiger charge is 2.12. The van der Waals surface area contributed by atoms with Gasteiger partial charge in [0, 0.05) is 11.1 Å². The van der Waals surface area contributed by atoms with Crippen LogP contribution >= 0.6 is 0 Å². The number of aliphatic hydroxyl groups excluding tert-OH is 1. The van der Waals surface area contributed by atoms with E-state index in [-0.39, 0.29) is 13.2 Å². The lowest BCUT2D eigenvalue weighted by Crippen LogP contribution is -1.97. The van der Waals surface area contributed by atoms with Crippen molar-refractivity contribution in [2.45, 2.75) is 13.5 Å². The SMILES string of the molecule is Cc1oc(COc2ccccc2C=CCO)nc1-c1ccccc1. The number of rotatable bonds is 6. The first-order chi connectivity index (χ1) is 11.8. The lowest BCUT2D eigenvalue weighted by Gasteiger charge is -2.06. The van der Waals surface area contributed by atoms with E-state index in [1.54, 1.807) is 6.08 Å². The molecule has 3 rings (SSSR count). The Kier molecular flexibility index (Phi) is 5.08. The number of oxazole rings is 1. The molecule has 3 aromatic rings. The normalized spacial score (nSPS) is 11.1. The average Bonchev–Trinajstić information content (AvgIpc) is 3.00. The van der Waals surface area contributed by atoms with E-state index < -0.39 is 0 Å². The van der Waals surface area contributed by atoms with Crippen LogP contribution in [0.2, 0.25) is 0 Å². The molecular weight excluding hydrogens is 302 g/mol. The van der Waals surface area contributed by atoms with E-state index in [2.05, 4.69) is 4.98 Å². The van der Waals surface area contributed by atoms with Gasteiger partial charge in [-0.2, -0.15) is 0 Å². The fourth-order valence-electron chi connectivity index (χ4n) is 2.45. The highest BCUT2D eigenvalue weighted by Crippen LogP contribution is 2.25. The maximum absolute atomic E-state index is 8.92. The molecule has 24 heavy (non-hydrogen) atoms. The van der Waals surface area contributed by atoms with Gasteiger partial charge in [-0.25, -0.2) is 4.98 Å². The number of aryl methyl sites for hydroxylation is 1. The Morgan fingerprint density at radius 2 is 1.83 bits per heavy atom. The van der Waals surface area contributed by atoms with Crippen LogP contribution in [0.4, 0.5) is 0 Å². The highest BCUT2D eigenvalue weighted by molar-refractivity contribution is 5.60. The van der Waals surface area contributed by atoms with Gasteiger partial charge in [0.2, 0.25) is 5.89 Å². The zero-order valence-electron chi connectivity index (χ0n) is 13.5. The van der Waals surface area contributed by atoms with Crippen molar-refractivity contribution >= 4 is 6.08 Å². The summed E-state index contributed by atoms with van der Waals surface area (Å²) in [4.78, 5) is 4.54. The van der Waals surface area contributed by atoms with Crippen LogP contribution in [-0.4, -0.2) is 16.7 Å². The third kappa shape index (κ3) is 3.73. The van der Waals surface area contributed by atoms with Crippen LogP contribution in [0.25, 0.3) is 17.3 Å². The Balaban J connectivity index is 1.76. The van der Waals surface area contributed by atoms with Crippen LogP contribution in [0.15, 0.2) is 65.1 Å². The molecule has 0 saturated heterocycles. The van der Waals surface area contributed by atoms with Gasteiger partial charge in [0.15, 0.2) is 6.61 Å². The third-order valence-corrected chi connectivity index (χ3v) is 3.56. The molecule has 0 unspecified atom stereocenters. The molecule has 0 atom stereocenters. The van der Waals surface area contributed by atoms with Crippen LogP contribution in [-0.2, 0) is 6.61 Å². The van der Waals surface area contributed by atoms with Gasteiger partial charge in [-0.15, -0.1) is 0 Å². The molecule has 0 aliphatic rings. The van der Waals surface area contributed by atoms with Crippen LogP contribution in [0.5, 0.6) is 5.75 Å². The zero-order chi connectivity index (χ0) is 16.8. The minimum atomic E-state index is -0.00625. The summed E-state index contributed by atoms with van der Waals surface area (Å²) in [5, 5.41) is 8.92. The van der Waals surface area contributed by atoms with Crippen LogP contribution in [0, 0.1) is 6.92 Å². The van der Waals surface area contributed by atoms with E-state index in [9.17, 15) is 0 Å². The number of aromatic nitrogens is 1. The Labute approximate surface area is 141 Å². The summed E-state index contributed by atoms with van der Waals surface area (Å²) in [6.07, 6.45) is 3.50. The first kappa shape index (κ1) is 16.0. The van der Waals surface area contributed by atoms with Gasteiger partial charge in [0.1, 0.15) is 17.2 Å². The fraction of sp³-hybridized carbons (Fsp3) is 0.150. The minimum absolute atomic E-state index is 0.00625. The van der Waals surface area contributed by atoms with Crippen molar-refractivity contribution in [2.75, 3.05) is 6.61 Å². The molecule has 0 bridgehead atoms. The molecule has 4 heteroatoms. The minimum Gasteiger partial charge on any atom is -0.483 e. The van der Waals surface area contributed by atoms with E-state index in [1.165, 1.54) is 0 Å². The lowest BCUT2D eigenvalue weighted by atomic mass is 10.1. The predicted octanol–water partition coefficient (Wildman–Crippen LogP) is 4.23. The molecule has 0 amide bonds. The summed E-state index contributed by atoms with van der Waals surface area (Å²) in [6.45, 7) is 2.14. The van der Waals surface area contributed by atoms with Crippen molar-refractivity contribution < 1.29 is 14.3 Å². The Bertz CT molecular complexity index is 822. The monoisotopic (exact) mass is 321 g/mol. The van der Waals surface area contributed by atoms with Crippen molar-refractivity contribution in [1.82, 2.24) is 4.98 Å².